The van der Waals surface area contributed by atoms with Gasteiger partial charge >= 0.3 is 0 Å². The fourth-order valence-corrected chi connectivity index (χ4v) is 2.34. The van der Waals surface area contributed by atoms with E-state index in [4.69, 9.17) is 10.5 Å². The molecule has 0 aliphatic carbocycles. The van der Waals surface area contributed by atoms with E-state index in [1.54, 1.807) is 6.08 Å². The number of amides is 1. The first kappa shape index (κ1) is 13.1. The number of hydrogen-bond donors (Lipinski definition) is 1. The summed E-state index contributed by atoms with van der Waals surface area (Å²) in [6.07, 6.45) is 3.06. The van der Waals surface area contributed by atoms with Crippen LogP contribution in [0.3, 0.4) is 0 Å². The van der Waals surface area contributed by atoms with Crippen molar-refractivity contribution < 1.29 is 9.53 Å². The van der Waals surface area contributed by atoms with Crippen molar-refractivity contribution >= 4 is 33.6 Å². The fourth-order valence-electron chi connectivity index (χ4n) is 1.84. The molecule has 1 aliphatic rings. The number of carbonyl (C=O) groups is 1. The Morgan fingerprint density at radius 1 is 1.39 bits per heavy atom. The highest BCUT2D eigenvalue weighted by Gasteiger charge is 2.11. The van der Waals surface area contributed by atoms with Crippen LogP contribution >= 0.6 is 15.9 Å². The number of rotatable bonds is 3. The number of nitrogens with zero attached hydrogens (tertiary/aromatic N) is 1. The summed E-state index contributed by atoms with van der Waals surface area (Å²) in [6, 6.07) is 6.05. The van der Waals surface area contributed by atoms with Crippen molar-refractivity contribution in [1.29, 1.82) is 0 Å². The molecule has 4 nitrogen and oxygen atoms in total. The molecule has 1 amide bonds. The smallest absolute Gasteiger partial charge is 0.241 e. The summed E-state index contributed by atoms with van der Waals surface area (Å²) in [5.41, 5.74) is 7.16. The predicted molar refractivity (Wildman–Crippen MR) is 75.4 cm³/mol. The zero-order chi connectivity index (χ0) is 13.0. The lowest BCUT2D eigenvalue weighted by molar-refractivity contribution is -0.113. The summed E-state index contributed by atoms with van der Waals surface area (Å²) < 4.78 is 6.27. The molecule has 1 aliphatic heterocycles. The van der Waals surface area contributed by atoms with E-state index in [0.29, 0.717) is 0 Å². The number of hydrogen-bond acceptors (Lipinski definition) is 3. The maximum atomic E-state index is 10.7. The lowest BCUT2D eigenvalue weighted by atomic mass is 10.1. The first-order valence-corrected chi connectivity index (χ1v) is 6.56. The average molecular weight is 311 g/mol. The summed E-state index contributed by atoms with van der Waals surface area (Å²) in [4.78, 5) is 13.0. The number of carbonyl (C=O) groups excluding carboxylic acids is 1. The molecule has 0 atom stereocenters. The molecule has 1 fully saturated rings. The summed E-state index contributed by atoms with van der Waals surface area (Å²) in [5, 5.41) is 0. The van der Waals surface area contributed by atoms with Crippen molar-refractivity contribution in [3.05, 3.63) is 34.3 Å². The molecule has 1 heterocycles. The Labute approximate surface area is 115 Å². The highest BCUT2D eigenvalue weighted by Crippen LogP contribution is 2.25. The minimum absolute atomic E-state index is 0.445. The number of ether oxygens (including phenoxy) is 1. The quantitative estimate of drug-likeness (QED) is 0.866. The van der Waals surface area contributed by atoms with Gasteiger partial charge in [0, 0.05) is 29.3 Å². The van der Waals surface area contributed by atoms with Gasteiger partial charge in [0.1, 0.15) is 0 Å². The fraction of sp³-hybridized carbons (Fsp3) is 0.308. The molecule has 5 heteroatoms. The van der Waals surface area contributed by atoms with Crippen molar-refractivity contribution in [2.45, 2.75) is 0 Å². The van der Waals surface area contributed by atoms with Crippen LogP contribution in [-0.4, -0.2) is 32.2 Å². The minimum atomic E-state index is -0.445. The van der Waals surface area contributed by atoms with Gasteiger partial charge in [0.25, 0.3) is 0 Å². The topological polar surface area (TPSA) is 55.6 Å². The summed E-state index contributed by atoms with van der Waals surface area (Å²) in [7, 11) is 0. The van der Waals surface area contributed by atoms with E-state index in [2.05, 4.69) is 20.8 Å². The highest BCUT2D eigenvalue weighted by molar-refractivity contribution is 9.10. The Morgan fingerprint density at radius 2 is 2.11 bits per heavy atom. The van der Waals surface area contributed by atoms with Crippen molar-refractivity contribution in [1.82, 2.24) is 0 Å². The molecule has 2 N–H and O–H groups in total. The van der Waals surface area contributed by atoms with Gasteiger partial charge in [0.05, 0.1) is 13.2 Å². The van der Waals surface area contributed by atoms with E-state index in [1.807, 2.05) is 18.2 Å². The Balaban J connectivity index is 2.16. The predicted octanol–water partition coefficient (Wildman–Crippen LogP) is 1.78. The monoisotopic (exact) mass is 310 g/mol. The largest absolute Gasteiger partial charge is 0.378 e. The second-order valence-electron chi connectivity index (χ2n) is 4.04. The first-order valence-electron chi connectivity index (χ1n) is 5.76. The van der Waals surface area contributed by atoms with Crippen molar-refractivity contribution in [2.75, 3.05) is 31.2 Å². The van der Waals surface area contributed by atoms with Gasteiger partial charge in [-0.25, -0.2) is 0 Å². The maximum absolute atomic E-state index is 10.7. The van der Waals surface area contributed by atoms with Gasteiger partial charge in [-0.1, -0.05) is 22.0 Å². The van der Waals surface area contributed by atoms with E-state index in [9.17, 15) is 4.79 Å². The van der Waals surface area contributed by atoms with E-state index < -0.39 is 5.91 Å². The van der Waals surface area contributed by atoms with Gasteiger partial charge in [-0.15, -0.1) is 0 Å². The summed E-state index contributed by atoms with van der Waals surface area (Å²) >= 11 is 3.50. The molecule has 1 saturated heterocycles. The molecule has 0 saturated carbocycles. The van der Waals surface area contributed by atoms with Gasteiger partial charge in [0.15, 0.2) is 0 Å². The van der Waals surface area contributed by atoms with E-state index >= 15 is 0 Å². The zero-order valence-corrected chi connectivity index (χ0v) is 11.5. The zero-order valence-electron chi connectivity index (χ0n) is 9.93. The number of nitrogens with two attached hydrogens (primary N) is 1. The summed E-state index contributed by atoms with van der Waals surface area (Å²) in [5.74, 6) is -0.445. The Morgan fingerprint density at radius 3 is 2.72 bits per heavy atom. The third-order valence-corrected chi connectivity index (χ3v) is 3.47. The Hall–Kier alpha value is -1.33. The molecule has 0 bridgehead atoms. The molecule has 2 rings (SSSR count). The molecule has 18 heavy (non-hydrogen) atoms. The maximum Gasteiger partial charge on any atom is 0.241 e. The molecule has 0 aromatic heterocycles. The SMILES string of the molecule is NC(=O)/C=C/c1ccc(N2CCOCC2)cc1Br. The lowest BCUT2D eigenvalue weighted by Crippen LogP contribution is -2.36. The van der Waals surface area contributed by atoms with Gasteiger partial charge in [-0.2, -0.15) is 0 Å². The molecule has 0 radical (unpaired) electrons. The van der Waals surface area contributed by atoms with E-state index in [0.717, 1.165) is 42.0 Å². The third kappa shape index (κ3) is 3.34. The van der Waals surface area contributed by atoms with Crippen molar-refractivity contribution in [3.63, 3.8) is 0 Å². The Bertz CT molecular complexity index is 468. The van der Waals surface area contributed by atoms with Gasteiger partial charge in [-0.05, 0) is 23.8 Å². The van der Waals surface area contributed by atoms with Crippen LogP contribution in [0.15, 0.2) is 28.7 Å². The molecule has 96 valence electrons. The van der Waals surface area contributed by atoms with Crippen molar-refractivity contribution in [2.24, 2.45) is 5.73 Å². The first-order chi connectivity index (χ1) is 8.66. The second kappa shape index (κ2) is 6.02. The minimum Gasteiger partial charge on any atom is -0.378 e. The van der Waals surface area contributed by atoms with Crippen LogP contribution in [0.5, 0.6) is 0 Å². The molecule has 0 spiro atoms. The van der Waals surface area contributed by atoms with Gasteiger partial charge in [0.2, 0.25) is 5.91 Å². The van der Waals surface area contributed by atoms with Crippen LogP contribution in [0.1, 0.15) is 5.56 Å². The van der Waals surface area contributed by atoms with Crippen LogP contribution < -0.4 is 10.6 Å². The van der Waals surface area contributed by atoms with Crippen molar-refractivity contribution in [3.8, 4) is 0 Å². The van der Waals surface area contributed by atoms with Gasteiger partial charge < -0.3 is 15.4 Å². The highest BCUT2D eigenvalue weighted by atomic mass is 79.9. The number of morpholine rings is 1. The van der Waals surface area contributed by atoms with E-state index in [1.165, 1.54) is 6.08 Å². The van der Waals surface area contributed by atoms with Gasteiger partial charge in [-0.3, -0.25) is 4.79 Å². The van der Waals surface area contributed by atoms with Crippen LogP contribution in [0.2, 0.25) is 0 Å². The van der Waals surface area contributed by atoms with Crippen LogP contribution in [0.25, 0.3) is 6.08 Å². The van der Waals surface area contributed by atoms with E-state index in [-0.39, 0.29) is 0 Å². The molecular formula is C13H15BrN2O2. The molecule has 1 aromatic carbocycles. The van der Waals surface area contributed by atoms with Crippen LogP contribution in [-0.2, 0) is 9.53 Å². The van der Waals surface area contributed by atoms with Crippen LogP contribution in [0, 0.1) is 0 Å². The molecule has 1 aromatic rings. The standard InChI is InChI=1S/C13H15BrN2O2/c14-12-9-11(16-5-7-18-8-6-16)3-1-10(12)2-4-13(15)17/h1-4,9H,5-8H2,(H2,15,17)/b4-2+. The second-order valence-corrected chi connectivity index (χ2v) is 4.90. The van der Waals surface area contributed by atoms with Crippen LogP contribution in [0.4, 0.5) is 5.69 Å². The molecular weight excluding hydrogens is 296 g/mol. The Kier molecular flexibility index (Phi) is 4.38. The number of primary amides is 1. The number of benzene rings is 1. The number of halogens is 1. The normalized spacial score (nSPS) is 16.2. The third-order valence-electron chi connectivity index (χ3n) is 2.79. The molecule has 0 unspecified atom stereocenters. The number of anilines is 1. The lowest BCUT2D eigenvalue weighted by Gasteiger charge is -2.29. The summed E-state index contributed by atoms with van der Waals surface area (Å²) in [6.45, 7) is 3.34. The average Bonchev–Trinajstić information content (AvgIpc) is 2.38.